The number of hydrogen-bond donors (Lipinski definition) is 1. The van der Waals surface area contributed by atoms with Crippen LogP contribution in [0.2, 0.25) is 0 Å². The third-order valence-corrected chi connectivity index (χ3v) is 5.54. The fourth-order valence-electron chi connectivity index (χ4n) is 3.71. The SMILES string of the molecule is CCC(CC(=O)[OH2+])Cc1ccc(OCc2ccc(CN3CCNCC3)cc2)cc1. The first-order valence-corrected chi connectivity index (χ1v) is 10.6. The number of hydrogen-bond acceptors (Lipinski definition) is 4. The van der Waals surface area contributed by atoms with E-state index in [9.17, 15) is 4.79 Å². The first kappa shape index (κ1) is 21.3. The molecule has 29 heavy (non-hydrogen) atoms. The molecule has 0 aromatic heterocycles. The van der Waals surface area contributed by atoms with Crippen molar-refractivity contribution >= 4 is 5.97 Å². The molecule has 5 nitrogen and oxygen atoms in total. The van der Waals surface area contributed by atoms with Crippen molar-refractivity contribution in [1.82, 2.24) is 10.2 Å². The zero-order chi connectivity index (χ0) is 20.5. The molecular formula is C24H33N2O3+. The first-order chi connectivity index (χ1) is 14.1. The summed E-state index contributed by atoms with van der Waals surface area (Å²) in [6.45, 7) is 8.00. The normalized spacial score (nSPS) is 15.8. The van der Waals surface area contributed by atoms with Crippen LogP contribution in [0.3, 0.4) is 0 Å². The molecule has 0 radical (unpaired) electrons. The lowest BCUT2D eigenvalue weighted by Crippen LogP contribution is -2.42. The van der Waals surface area contributed by atoms with Gasteiger partial charge in [0.15, 0.2) is 0 Å². The van der Waals surface area contributed by atoms with Gasteiger partial charge in [0.2, 0.25) is 0 Å². The molecule has 156 valence electrons. The maximum absolute atomic E-state index is 11.0. The van der Waals surface area contributed by atoms with Gasteiger partial charge in [-0.3, -0.25) is 4.90 Å². The van der Waals surface area contributed by atoms with E-state index < -0.39 is 5.97 Å². The van der Waals surface area contributed by atoms with Crippen molar-refractivity contribution in [3.63, 3.8) is 0 Å². The Hall–Kier alpha value is -2.37. The van der Waals surface area contributed by atoms with Crippen LogP contribution in [0.5, 0.6) is 5.75 Å². The topological polar surface area (TPSA) is 64.5 Å². The number of ether oxygens (including phenoxy) is 1. The molecule has 2 aromatic rings. The smallest absolute Gasteiger partial charge is 0.516 e. The molecule has 0 bridgehead atoms. The summed E-state index contributed by atoms with van der Waals surface area (Å²) in [7, 11) is 0. The highest BCUT2D eigenvalue weighted by atomic mass is 16.5. The Morgan fingerprint density at radius 2 is 1.66 bits per heavy atom. The van der Waals surface area contributed by atoms with Gasteiger partial charge in [0.25, 0.3) is 0 Å². The van der Waals surface area contributed by atoms with Gasteiger partial charge in [-0.15, -0.1) is 0 Å². The molecule has 1 aliphatic heterocycles. The standard InChI is InChI=1S/C24H32N2O3/c1-2-19(16-24(27)28)15-20-7-9-23(10-8-20)29-18-22-5-3-21(4-6-22)17-26-13-11-25-12-14-26/h3-10,19,25H,2,11-18H2,1H3,(H,27,28)/p+1. The summed E-state index contributed by atoms with van der Waals surface area (Å²) in [5.74, 6) is 0.616. The molecule has 1 aliphatic rings. The lowest BCUT2D eigenvalue weighted by Gasteiger charge is -2.27. The Kier molecular flexibility index (Phi) is 8.08. The minimum Gasteiger partial charge on any atom is -0.565 e. The van der Waals surface area contributed by atoms with E-state index in [1.54, 1.807) is 0 Å². The van der Waals surface area contributed by atoms with Gasteiger partial charge in [0.1, 0.15) is 18.8 Å². The largest absolute Gasteiger partial charge is 0.565 e. The van der Waals surface area contributed by atoms with Gasteiger partial charge in [0, 0.05) is 37.5 Å². The highest BCUT2D eigenvalue weighted by molar-refractivity contribution is 5.67. The van der Waals surface area contributed by atoms with Crippen LogP contribution >= 0.6 is 0 Å². The predicted molar refractivity (Wildman–Crippen MR) is 116 cm³/mol. The number of piperazine rings is 1. The lowest BCUT2D eigenvalue weighted by molar-refractivity contribution is -0.138. The number of carbonyl (C=O) groups excluding carboxylic acids is 1. The molecule has 1 heterocycles. The number of nitrogens with zero attached hydrogens (tertiary/aromatic N) is 1. The van der Waals surface area contributed by atoms with Crippen molar-refractivity contribution in [3.8, 4) is 5.75 Å². The molecule has 1 unspecified atom stereocenters. The highest BCUT2D eigenvalue weighted by Crippen LogP contribution is 2.20. The molecule has 0 aliphatic carbocycles. The Labute approximate surface area is 173 Å². The summed E-state index contributed by atoms with van der Waals surface area (Å²) in [6.07, 6.45) is 2.07. The third-order valence-electron chi connectivity index (χ3n) is 5.54. The van der Waals surface area contributed by atoms with E-state index in [0.717, 1.165) is 56.9 Å². The monoisotopic (exact) mass is 397 g/mol. The molecule has 1 saturated heterocycles. The van der Waals surface area contributed by atoms with Crippen molar-refractivity contribution in [2.24, 2.45) is 5.92 Å². The van der Waals surface area contributed by atoms with Gasteiger partial charge in [-0.05, 0) is 41.2 Å². The minimum atomic E-state index is -0.476. The molecule has 0 saturated carbocycles. The summed E-state index contributed by atoms with van der Waals surface area (Å²) in [5, 5.41) is 10.5. The summed E-state index contributed by atoms with van der Waals surface area (Å²) in [5.41, 5.74) is 3.69. The van der Waals surface area contributed by atoms with Gasteiger partial charge in [-0.1, -0.05) is 49.7 Å². The van der Waals surface area contributed by atoms with Crippen LogP contribution in [-0.2, 0) is 24.4 Å². The molecule has 3 N–H and O–H groups in total. The Morgan fingerprint density at radius 1 is 1.03 bits per heavy atom. The quantitative estimate of drug-likeness (QED) is 0.626. The van der Waals surface area contributed by atoms with Crippen molar-refractivity contribution in [2.75, 3.05) is 26.2 Å². The van der Waals surface area contributed by atoms with Crippen LogP contribution in [-0.4, -0.2) is 42.2 Å². The summed E-state index contributed by atoms with van der Waals surface area (Å²) >= 11 is 0. The second-order valence-electron chi connectivity index (χ2n) is 7.88. The van der Waals surface area contributed by atoms with Crippen LogP contribution in [0.1, 0.15) is 36.5 Å². The summed E-state index contributed by atoms with van der Waals surface area (Å²) in [6, 6.07) is 16.8. The van der Waals surface area contributed by atoms with E-state index in [1.807, 2.05) is 12.1 Å². The van der Waals surface area contributed by atoms with E-state index in [0.29, 0.717) is 13.0 Å². The average molecular weight is 398 g/mol. The van der Waals surface area contributed by atoms with Crippen LogP contribution in [0, 0.1) is 5.92 Å². The predicted octanol–water partition coefficient (Wildman–Crippen LogP) is 2.88. The number of rotatable bonds is 10. The lowest BCUT2D eigenvalue weighted by atomic mass is 9.94. The van der Waals surface area contributed by atoms with Gasteiger partial charge in [-0.2, -0.15) is 0 Å². The molecule has 5 heteroatoms. The number of benzene rings is 2. The Balaban J connectivity index is 1.46. The second kappa shape index (κ2) is 11.0. The van der Waals surface area contributed by atoms with Crippen molar-refractivity contribution in [1.29, 1.82) is 0 Å². The number of carbonyl (C=O) groups is 1. The van der Waals surface area contributed by atoms with Gasteiger partial charge in [-0.25, -0.2) is 0 Å². The fourth-order valence-corrected chi connectivity index (χ4v) is 3.71. The van der Waals surface area contributed by atoms with Crippen LogP contribution in [0.15, 0.2) is 48.5 Å². The third kappa shape index (κ3) is 7.18. The minimum absolute atomic E-state index is 0.242. The molecule has 2 aromatic carbocycles. The Morgan fingerprint density at radius 3 is 2.28 bits per heavy atom. The summed E-state index contributed by atoms with van der Waals surface area (Å²) in [4.78, 5) is 13.5. The van der Waals surface area contributed by atoms with Crippen LogP contribution in [0.4, 0.5) is 0 Å². The maximum atomic E-state index is 11.0. The summed E-state index contributed by atoms with van der Waals surface area (Å²) < 4.78 is 5.93. The molecule has 0 amide bonds. The molecule has 1 fully saturated rings. The molecule has 0 spiro atoms. The average Bonchev–Trinajstić information content (AvgIpc) is 2.74. The van der Waals surface area contributed by atoms with Gasteiger partial charge in [0.05, 0.1) is 0 Å². The van der Waals surface area contributed by atoms with Crippen molar-refractivity contribution < 1.29 is 14.6 Å². The fraction of sp³-hybridized carbons (Fsp3) is 0.458. The zero-order valence-electron chi connectivity index (χ0n) is 17.3. The highest BCUT2D eigenvalue weighted by Gasteiger charge is 2.16. The molecule has 3 rings (SSSR count). The van der Waals surface area contributed by atoms with E-state index in [-0.39, 0.29) is 5.92 Å². The van der Waals surface area contributed by atoms with Crippen LogP contribution in [0.25, 0.3) is 0 Å². The van der Waals surface area contributed by atoms with Crippen molar-refractivity contribution in [2.45, 2.75) is 39.3 Å². The van der Waals surface area contributed by atoms with Gasteiger partial charge < -0.3 is 15.2 Å². The number of nitrogens with one attached hydrogen (secondary N) is 1. The van der Waals surface area contributed by atoms with Crippen LogP contribution < -0.4 is 10.1 Å². The first-order valence-electron chi connectivity index (χ1n) is 10.6. The van der Waals surface area contributed by atoms with E-state index in [1.165, 1.54) is 11.1 Å². The van der Waals surface area contributed by atoms with E-state index >= 15 is 0 Å². The zero-order valence-corrected chi connectivity index (χ0v) is 17.3. The maximum Gasteiger partial charge on any atom is 0.516 e. The molecule has 1 atom stereocenters. The Bertz CT molecular complexity index is 753. The van der Waals surface area contributed by atoms with Gasteiger partial charge >= 0.3 is 5.97 Å². The van der Waals surface area contributed by atoms with E-state index in [4.69, 9.17) is 9.84 Å². The second-order valence-corrected chi connectivity index (χ2v) is 7.88. The molecular weight excluding hydrogens is 364 g/mol. The van der Waals surface area contributed by atoms with E-state index in [2.05, 4.69) is 53.5 Å². The van der Waals surface area contributed by atoms with Crippen molar-refractivity contribution in [3.05, 3.63) is 65.2 Å².